The molecule has 4 aromatic carbocycles. The molecule has 0 aliphatic heterocycles. The average Bonchev–Trinajstić information content (AvgIpc) is 2.89. The van der Waals surface area contributed by atoms with Gasteiger partial charge in [0.05, 0.1) is 22.5 Å². The van der Waals surface area contributed by atoms with E-state index in [9.17, 15) is 45.3 Å². The Labute approximate surface area is 291 Å². The van der Waals surface area contributed by atoms with Crippen molar-refractivity contribution in [1.82, 2.24) is 0 Å². The van der Waals surface area contributed by atoms with Gasteiger partial charge >= 0.3 is 55.8 Å². The summed E-state index contributed by atoms with van der Waals surface area (Å²) in [6, 6.07) is 13.9. The van der Waals surface area contributed by atoms with E-state index >= 15 is 0 Å². The Morgan fingerprint density at radius 3 is 1.26 bits per heavy atom. The fourth-order valence-corrected chi connectivity index (χ4v) is 3.49. The molecule has 0 heterocycles. The van der Waals surface area contributed by atoms with Crippen molar-refractivity contribution in [2.45, 2.75) is 26.2 Å². The van der Waals surface area contributed by atoms with Crippen LogP contribution in [0.3, 0.4) is 0 Å². The fraction of sp³-hybridized carbons (Fsp3) is 0.125. The van der Waals surface area contributed by atoms with Gasteiger partial charge in [0, 0.05) is 29.6 Å². The Hall–Kier alpha value is -3.31. The Morgan fingerprint density at radius 1 is 0.565 bits per heavy atom. The van der Waals surface area contributed by atoms with Crippen LogP contribution in [0.1, 0.15) is 33.4 Å². The second-order valence-corrected chi connectivity index (χ2v) is 8.93. The van der Waals surface area contributed by atoms with E-state index in [0.717, 1.165) is 24.4 Å². The van der Waals surface area contributed by atoms with Crippen LogP contribution in [-0.2, 0) is 55.8 Å². The standard InChI is InChI=1S/C16H11F6NO.C14H11F2NO.2CH3.2Ti/c1-9-3-2-4-10(14(9)24)8-23-13-6-11(15(17,18)19)5-12(7-13)16(20,21)22;1-9-3-2-4-10(14(9)18)8-17-13-6-11(15)5-12(16)7-13;;;;/h2-8,24H,1H3;2-8,18H,1H3;2*1H3;;/q;;2*-1;2*+2. The van der Waals surface area contributed by atoms with E-state index < -0.39 is 40.8 Å². The molecule has 4 aromatic rings. The predicted octanol–water partition coefficient (Wildman–Crippen LogP) is 10.1. The Balaban J connectivity index is 0. The van der Waals surface area contributed by atoms with Crippen LogP contribution in [0, 0.1) is 40.3 Å². The summed E-state index contributed by atoms with van der Waals surface area (Å²) in [6.07, 6.45) is -7.48. The number of alkyl halides is 6. The number of hydrogen-bond donors (Lipinski definition) is 2. The van der Waals surface area contributed by atoms with Crippen molar-refractivity contribution in [3.05, 3.63) is 133 Å². The molecule has 0 radical (unpaired) electrons. The molecule has 0 aliphatic carbocycles. The zero-order valence-corrected chi connectivity index (χ0v) is 28.0. The molecule has 0 amide bonds. The first-order valence-corrected chi connectivity index (χ1v) is 12.0. The van der Waals surface area contributed by atoms with E-state index in [-0.39, 0.29) is 87.1 Å². The van der Waals surface area contributed by atoms with Crippen LogP contribution in [0.4, 0.5) is 46.5 Å². The molecular formula is C32H28F8N2O2Ti2+2. The monoisotopic (exact) mass is 720 g/mol. The summed E-state index contributed by atoms with van der Waals surface area (Å²) < 4.78 is 102. The number of phenolic OH excluding ortho intramolecular Hbond substituents is 2. The van der Waals surface area contributed by atoms with Gasteiger partial charge in [-0.2, -0.15) is 26.3 Å². The fourth-order valence-electron chi connectivity index (χ4n) is 3.49. The van der Waals surface area contributed by atoms with Crippen molar-refractivity contribution in [2.24, 2.45) is 9.98 Å². The maximum atomic E-state index is 12.9. The molecule has 0 bridgehead atoms. The normalized spacial score (nSPS) is 11.0. The van der Waals surface area contributed by atoms with E-state index in [2.05, 4.69) is 9.98 Å². The van der Waals surface area contributed by atoms with Crippen LogP contribution < -0.4 is 0 Å². The number of aryl methyl sites for hydroxylation is 2. The summed E-state index contributed by atoms with van der Waals surface area (Å²) in [5.74, 6) is -1.41. The average molecular weight is 720 g/mol. The van der Waals surface area contributed by atoms with E-state index in [1.165, 1.54) is 12.3 Å². The van der Waals surface area contributed by atoms with E-state index in [4.69, 9.17) is 0 Å². The minimum atomic E-state index is -4.93. The van der Waals surface area contributed by atoms with Crippen molar-refractivity contribution in [1.29, 1.82) is 0 Å². The minimum Gasteiger partial charge on any atom is -0.507 e. The van der Waals surface area contributed by atoms with E-state index in [0.29, 0.717) is 28.8 Å². The van der Waals surface area contributed by atoms with Crippen molar-refractivity contribution < 1.29 is 88.8 Å². The van der Waals surface area contributed by atoms with Crippen LogP contribution >= 0.6 is 0 Å². The molecule has 2 N–H and O–H groups in total. The molecule has 46 heavy (non-hydrogen) atoms. The molecule has 0 saturated carbocycles. The zero-order valence-electron chi connectivity index (χ0n) is 24.9. The third-order valence-electron chi connectivity index (χ3n) is 5.66. The number of hydrogen-bond acceptors (Lipinski definition) is 4. The molecule has 0 aromatic heterocycles. The maximum Gasteiger partial charge on any atom is 2.00 e. The molecule has 0 atom stereocenters. The molecule has 0 saturated heterocycles. The zero-order chi connectivity index (χ0) is 31.2. The molecule has 0 aliphatic rings. The maximum absolute atomic E-state index is 12.9. The van der Waals surface area contributed by atoms with Crippen molar-refractivity contribution in [3.63, 3.8) is 0 Å². The second kappa shape index (κ2) is 18.7. The molecule has 240 valence electrons. The quantitative estimate of drug-likeness (QED) is 0.0955. The molecule has 0 spiro atoms. The largest absolute Gasteiger partial charge is 2.00 e. The van der Waals surface area contributed by atoms with Crippen molar-refractivity contribution in [3.8, 4) is 11.5 Å². The van der Waals surface area contributed by atoms with Gasteiger partial charge in [0.15, 0.2) is 0 Å². The Morgan fingerprint density at radius 2 is 0.913 bits per heavy atom. The van der Waals surface area contributed by atoms with Crippen LogP contribution in [0.25, 0.3) is 0 Å². The number of para-hydroxylation sites is 2. The number of aliphatic imine (C=N–C) groups is 2. The molecule has 0 unspecified atom stereocenters. The molecular weight excluding hydrogens is 692 g/mol. The SMILES string of the molecule is Cc1cccc(C=Nc2cc(C(F)(F)F)cc(C(F)(F)F)c2)c1O.Cc1cccc(C=Nc2cc(F)cc(F)c2)c1O.[CH3-].[CH3-].[Ti+2].[Ti+2]. The summed E-state index contributed by atoms with van der Waals surface area (Å²) in [5, 5.41) is 19.5. The first-order chi connectivity index (χ1) is 19.5. The van der Waals surface area contributed by atoms with Gasteiger partial charge < -0.3 is 25.1 Å². The van der Waals surface area contributed by atoms with Crippen LogP contribution in [0.5, 0.6) is 11.5 Å². The molecule has 0 fully saturated rings. The van der Waals surface area contributed by atoms with Crippen LogP contribution in [0.2, 0.25) is 0 Å². The minimum absolute atomic E-state index is 0. The second-order valence-electron chi connectivity index (χ2n) is 8.93. The molecule has 4 rings (SSSR count). The van der Waals surface area contributed by atoms with Crippen molar-refractivity contribution in [2.75, 3.05) is 0 Å². The number of halogens is 8. The predicted molar refractivity (Wildman–Crippen MR) is 156 cm³/mol. The number of nitrogens with zero attached hydrogens (tertiary/aromatic N) is 2. The summed E-state index contributed by atoms with van der Waals surface area (Å²) in [6.45, 7) is 3.35. The molecule has 14 heteroatoms. The Kier molecular flexibility index (Phi) is 18.3. The van der Waals surface area contributed by atoms with E-state index in [1.54, 1.807) is 44.2 Å². The van der Waals surface area contributed by atoms with Gasteiger partial charge in [0.25, 0.3) is 0 Å². The topological polar surface area (TPSA) is 65.2 Å². The Bertz CT molecular complexity index is 1590. The number of benzene rings is 4. The third kappa shape index (κ3) is 12.8. The smallest absolute Gasteiger partial charge is 0.507 e. The van der Waals surface area contributed by atoms with Gasteiger partial charge in [0.1, 0.15) is 23.1 Å². The van der Waals surface area contributed by atoms with Crippen molar-refractivity contribution >= 4 is 23.8 Å². The molecule has 4 nitrogen and oxygen atoms in total. The summed E-state index contributed by atoms with van der Waals surface area (Å²) in [4.78, 5) is 7.58. The summed E-state index contributed by atoms with van der Waals surface area (Å²) >= 11 is 0. The number of aromatic hydroxyl groups is 2. The van der Waals surface area contributed by atoms with Gasteiger partial charge in [-0.3, -0.25) is 9.98 Å². The van der Waals surface area contributed by atoms with Crippen LogP contribution in [-0.4, -0.2) is 22.6 Å². The van der Waals surface area contributed by atoms with Crippen LogP contribution in [0.15, 0.2) is 82.8 Å². The summed E-state index contributed by atoms with van der Waals surface area (Å²) in [7, 11) is 0. The van der Waals surface area contributed by atoms with Gasteiger partial charge in [-0.1, -0.05) is 24.3 Å². The first kappa shape index (κ1) is 44.8. The van der Waals surface area contributed by atoms with Gasteiger partial charge in [-0.15, -0.1) is 0 Å². The first-order valence-electron chi connectivity index (χ1n) is 12.0. The van der Waals surface area contributed by atoms with Gasteiger partial charge in [-0.25, -0.2) is 8.78 Å². The number of phenols is 2. The van der Waals surface area contributed by atoms with Gasteiger partial charge in [0.2, 0.25) is 0 Å². The number of rotatable bonds is 4. The van der Waals surface area contributed by atoms with E-state index in [1.807, 2.05) is 0 Å². The summed E-state index contributed by atoms with van der Waals surface area (Å²) in [5.41, 5.74) is -1.36. The van der Waals surface area contributed by atoms with Gasteiger partial charge in [-0.05, 0) is 67.4 Å². The third-order valence-corrected chi connectivity index (χ3v) is 5.66.